The summed E-state index contributed by atoms with van der Waals surface area (Å²) in [6, 6.07) is 42.7. The SMILES string of the molecule is c1ccc(Nc2cccc(-c3c(-c4ccccc4)ccc4ccccc34)c2)cc1. The number of benzene rings is 5. The molecule has 0 bridgehead atoms. The van der Waals surface area contributed by atoms with Crippen LogP contribution in [0.1, 0.15) is 0 Å². The molecule has 138 valence electrons. The summed E-state index contributed by atoms with van der Waals surface area (Å²) >= 11 is 0. The minimum atomic E-state index is 1.08. The molecule has 0 saturated carbocycles. The van der Waals surface area contributed by atoms with E-state index in [-0.39, 0.29) is 0 Å². The molecule has 5 rings (SSSR count). The highest BCUT2D eigenvalue weighted by Crippen LogP contribution is 2.39. The fourth-order valence-electron chi connectivity index (χ4n) is 3.88. The standard InChI is InChI=1S/C28H21N/c1-3-10-21(11-4-1)27-19-18-22-12-7-8-17-26(22)28(27)23-13-9-16-25(20-23)29-24-14-5-2-6-15-24/h1-20,29H. The summed E-state index contributed by atoms with van der Waals surface area (Å²) in [5, 5.41) is 6.04. The van der Waals surface area contributed by atoms with E-state index in [0.29, 0.717) is 0 Å². The lowest BCUT2D eigenvalue weighted by Crippen LogP contribution is -1.92. The number of para-hydroxylation sites is 1. The molecule has 1 nitrogen and oxygen atoms in total. The molecule has 5 aromatic carbocycles. The molecule has 0 fully saturated rings. The van der Waals surface area contributed by atoms with Crippen molar-refractivity contribution in [2.45, 2.75) is 0 Å². The molecule has 1 N–H and O–H groups in total. The van der Waals surface area contributed by atoms with E-state index >= 15 is 0 Å². The van der Waals surface area contributed by atoms with Gasteiger partial charge in [0, 0.05) is 11.4 Å². The van der Waals surface area contributed by atoms with Gasteiger partial charge in [0.25, 0.3) is 0 Å². The van der Waals surface area contributed by atoms with E-state index in [1.54, 1.807) is 0 Å². The maximum absolute atomic E-state index is 3.52. The lowest BCUT2D eigenvalue weighted by molar-refractivity contribution is 1.54. The monoisotopic (exact) mass is 371 g/mol. The topological polar surface area (TPSA) is 12.0 Å². The van der Waals surface area contributed by atoms with Crippen LogP contribution in [0.5, 0.6) is 0 Å². The summed E-state index contributed by atoms with van der Waals surface area (Å²) in [6.45, 7) is 0. The van der Waals surface area contributed by atoms with E-state index in [1.807, 2.05) is 18.2 Å². The third kappa shape index (κ3) is 3.51. The van der Waals surface area contributed by atoms with Crippen LogP contribution in [-0.4, -0.2) is 0 Å². The van der Waals surface area contributed by atoms with Crippen LogP contribution < -0.4 is 5.32 Å². The zero-order valence-electron chi connectivity index (χ0n) is 16.0. The van der Waals surface area contributed by atoms with E-state index in [4.69, 9.17) is 0 Å². The molecule has 1 heteroatoms. The molecule has 0 aliphatic heterocycles. The van der Waals surface area contributed by atoms with Gasteiger partial charge in [-0.3, -0.25) is 0 Å². The third-order valence-electron chi connectivity index (χ3n) is 5.23. The Labute approximate surface area is 171 Å². The summed E-state index contributed by atoms with van der Waals surface area (Å²) in [5.41, 5.74) is 7.13. The van der Waals surface area contributed by atoms with Gasteiger partial charge < -0.3 is 5.32 Å². The average Bonchev–Trinajstić information content (AvgIpc) is 2.80. The zero-order chi connectivity index (χ0) is 19.5. The van der Waals surface area contributed by atoms with Gasteiger partial charge in [-0.1, -0.05) is 97.1 Å². The van der Waals surface area contributed by atoms with E-state index in [1.165, 1.54) is 33.0 Å². The van der Waals surface area contributed by atoms with Crippen LogP contribution in [0.3, 0.4) is 0 Å². The average molecular weight is 371 g/mol. The fourth-order valence-corrected chi connectivity index (χ4v) is 3.88. The number of fused-ring (bicyclic) bond motifs is 1. The lowest BCUT2D eigenvalue weighted by Gasteiger charge is -2.15. The van der Waals surface area contributed by atoms with Gasteiger partial charge in [0.15, 0.2) is 0 Å². The van der Waals surface area contributed by atoms with Crippen molar-refractivity contribution in [1.82, 2.24) is 0 Å². The van der Waals surface area contributed by atoms with Gasteiger partial charge in [-0.05, 0) is 57.3 Å². The van der Waals surface area contributed by atoms with E-state index < -0.39 is 0 Å². The molecule has 0 radical (unpaired) electrons. The summed E-state index contributed by atoms with van der Waals surface area (Å²) in [7, 11) is 0. The molecule has 0 aliphatic rings. The minimum Gasteiger partial charge on any atom is -0.356 e. The van der Waals surface area contributed by atoms with Crippen LogP contribution in [0.4, 0.5) is 11.4 Å². The third-order valence-corrected chi connectivity index (χ3v) is 5.23. The maximum Gasteiger partial charge on any atom is 0.0390 e. The Hall–Kier alpha value is -3.84. The van der Waals surface area contributed by atoms with E-state index in [2.05, 4.69) is 108 Å². The van der Waals surface area contributed by atoms with Gasteiger partial charge in [0.1, 0.15) is 0 Å². The smallest absolute Gasteiger partial charge is 0.0390 e. The van der Waals surface area contributed by atoms with Crippen molar-refractivity contribution in [3.05, 3.63) is 121 Å². The van der Waals surface area contributed by atoms with Crippen LogP contribution in [0.25, 0.3) is 33.0 Å². The van der Waals surface area contributed by atoms with Gasteiger partial charge in [-0.15, -0.1) is 0 Å². The molecule has 0 amide bonds. The van der Waals surface area contributed by atoms with Crippen LogP contribution in [0.2, 0.25) is 0 Å². The highest BCUT2D eigenvalue weighted by atomic mass is 14.9. The van der Waals surface area contributed by atoms with Crippen LogP contribution >= 0.6 is 0 Å². The number of rotatable bonds is 4. The molecule has 0 aromatic heterocycles. The second-order valence-corrected chi connectivity index (χ2v) is 7.15. The molecule has 0 aliphatic carbocycles. The first-order valence-corrected chi connectivity index (χ1v) is 9.88. The van der Waals surface area contributed by atoms with E-state index in [0.717, 1.165) is 11.4 Å². The van der Waals surface area contributed by atoms with Crippen molar-refractivity contribution in [3.8, 4) is 22.3 Å². The first-order valence-electron chi connectivity index (χ1n) is 9.88. The maximum atomic E-state index is 3.52. The van der Waals surface area contributed by atoms with Crippen molar-refractivity contribution in [2.24, 2.45) is 0 Å². The Kier molecular flexibility index (Phi) is 4.56. The minimum absolute atomic E-state index is 1.08. The van der Waals surface area contributed by atoms with Gasteiger partial charge in [0.05, 0.1) is 0 Å². The molecule has 0 heterocycles. The highest BCUT2D eigenvalue weighted by Gasteiger charge is 2.12. The molecule has 29 heavy (non-hydrogen) atoms. The molecule has 0 atom stereocenters. The highest BCUT2D eigenvalue weighted by molar-refractivity contribution is 6.04. The normalized spacial score (nSPS) is 10.8. The van der Waals surface area contributed by atoms with Crippen LogP contribution in [-0.2, 0) is 0 Å². The summed E-state index contributed by atoms with van der Waals surface area (Å²) in [5.74, 6) is 0. The quantitative estimate of drug-likeness (QED) is 0.338. The number of hydrogen-bond acceptors (Lipinski definition) is 1. The Balaban J connectivity index is 1.69. The second-order valence-electron chi connectivity index (χ2n) is 7.15. The molecule has 0 unspecified atom stereocenters. The predicted molar refractivity (Wildman–Crippen MR) is 125 cm³/mol. The second kappa shape index (κ2) is 7.65. The van der Waals surface area contributed by atoms with Crippen LogP contribution in [0, 0.1) is 0 Å². The van der Waals surface area contributed by atoms with Crippen molar-refractivity contribution in [2.75, 3.05) is 5.32 Å². The van der Waals surface area contributed by atoms with Gasteiger partial charge >= 0.3 is 0 Å². The Bertz CT molecular complexity index is 1260. The van der Waals surface area contributed by atoms with E-state index in [9.17, 15) is 0 Å². The van der Waals surface area contributed by atoms with Gasteiger partial charge in [-0.25, -0.2) is 0 Å². The zero-order valence-corrected chi connectivity index (χ0v) is 16.0. The van der Waals surface area contributed by atoms with Crippen molar-refractivity contribution in [3.63, 3.8) is 0 Å². The van der Waals surface area contributed by atoms with Crippen molar-refractivity contribution < 1.29 is 0 Å². The first kappa shape index (κ1) is 17.3. The first-order chi connectivity index (χ1) is 14.4. The summed E-state index contributed by atoms with van der Waals surface area (Å²) < 4.78 is 0. The number of nitrogens with one attached hydrogen (secondary N) is 1. The molecular formula is C28H21N. The lowest BCUT2D eigenvalue weighted by atomic mass is 9.89. The predicted octanol–water partition coefficient (Wildman–Crippen LogP) is 7.92. The van der Waals surface area contributed by atoms with Gasteiger partial charge in [0.2, 0.25) is 0 Å². The van der Waals surface area contributed by atoms with Crippen LogP contribution in [0.15, 0.2) is 121 Å². The fraction of sp³-hybridized carbons (Fsp3) is 0. The van der Waals surface area contributed by atoms with Gasteiger partial charge in [-0.2, -0.15) is 0 Å². The summed E-state index contributed by atoms with van der Waals surface area (Å²) in [6.07, 6.45) is 0. The van der Waals surface area contributed by atoms with Crippen molar-refractivity contribution in [1.29, 1.82) is 0 Å². The molecule has 0 saturated heterocycles. The number of hydrogen-bond donors (Lipinski definition) is 1. The molecule has 5 aromatic rings. The Morgan fingerprint density at radius 2 is 1.10 bits per heavy atom. The Morgan fingerprint density at radius 3 is 1.93 bits per heavy atom. The summed E-state index contributed by atoms with van der Waals surface area (Å²) in [4.78, 5) is 0. The molecular weight excluding hydrogens is 350 g/mol. The van der Waals surface area contributed by atoms with Crippen molar-refractivity contribution >= 4 is 22.1 Å². The Morgan fingerprint density at radius 1 is 0.448 bits per heavy atom. The molecule has 0 spiro atoms. The number of anilines is 2. The largest absolute Gasteiger partial charge is 0.356 e.